The van der Waals surface area contributed by atoms with Gasteiger partial charge in [0.2, 0.25) is 5.91 Å². The molecule has 1 aromatic rings. The Hall–Kier alpha value is -2.04. The third kappa shape index (κ3) is 3.24. The monoisotopic (exact) mass is 304 g/mol. The first-order valence-corrected chi connectivity index (χ1v) is 7.70. The molecular formula is C17H24N2O3. The molecule has 1 heterocycles. The van der Waals surface area contributed by atoms with Gasteiger partial charge in [0.15, 0.2) is 11.5 Å². The molecule has 2 rings (SSSR count). The second kappa shape index (κ2) is 7.29. The fraction of sp³-hybridized carbons (Fsp3) is 0.529. The molecule has 1 amide bonds. The number of rotatable bonds is 6. The Balaban J connectivity index is 2.30. The number of hydrogen-bond acceptors (Lipinski definition) is 4. The molecule has 0 saturated heterocycles. The zero-order chi connectivity index (χ0) is 16.1. The smallest absolute Gasteiger partial charge is 0.228 e. The summed E-state index contributed by atoms with van der Waals surface area (Å²) in [4.78, 5) is 18.7. The average Bonchev–Trinajstić information content (AvgIpc) is 2.55. The predicted octanol–water partition coefficient (Wildman–Crippen LogP) is 2.31. The van der Waals surface area contributed by atoms with Gasteiger partial charge in [-0.3, -0.25) is 9.79 Å². The number of methoxy groups -OCH3 is 2. The van der Waals surface area contributed by atoms with Crippen LogP contribution in [0.5, 0.6) is 11.5 Å². The van der Waals surface area contributed by atoms with E-state index in [1.54, 1.807) is 14.2 Å². The number of carbonyl (C=O) groups is 1. The van der Waals surface area contributed by atoms with Crippen LogP contribution in [0.15, 0.2) is 17.1 Å². The fourth-order valence-corrected chi connectivity index (χ4v) is 2.78. The summed E-state index contributed by atoms with van der Waals surface area (Å²) >= 11 is 0. The van der Waals surface area contributed by atoms with Gasteiger partial charge in [0.05, 0.1) is 26.4 Å². The molecule has 0 saturated carbocycles. The maximum atomic E-state index is 12.4. The summed E-state index contributed by atoms with van der Waals surface area (Å²) in [6, 6.07) is 3.92. The summed E-state index contributed by atoms with van der Waals surface area (Å²) in [6.07, 6.45) is 1.20. The summed E-state index contributed by atoms with van der Waals surface area (Å²) < 4.78 is 10.7. The van der Waals surface area contributed by atoms with Crippen LogP contribution >= 0.6 is 0 Å². The van der Waals surface area contributed by atoms with Gasteiger partial charge in [-0.1, -0.05) is 0 Å². The summed E-state index contributed by atoms with van der Waals surface area (Å²) in [7, 11) is 3.25. The van der Waals surface area contributed by atoms with Crippen molar-refractivity contribution in [2.75, 3.05) is 33.9 Å². The van der Waals surface area contributed by atoms with E-state index in [-0.39, 0.29) is 5.91 Å². The quantitative estimate of drug-likeness (QED) is 0.810. The lowest BCUT2D eigenvalue weighted by molar-refractivity contribution is -0.129. The minimum absolute atomic E-state index is 0.117. The first-order chi connectivity index (χ1) is 10.6. The number of hydrogen-bond donors (Lipinski definition) is 0. The van der Waals surface area contributed by atoms with Crippen molar-refractivity contribution in [1.82, 2.24) is 4.90 Å². The normalized spacial score (nSPS) is 13.2. The summed E-state index contributed by atoms with van der Waals surface area (Å²) in [6.45, 7) is 6.14. The number of amides is 1. The lowest BCUT2D eigenvalue weighted by atomic mass is 9.94. The Morgan fingerprint density at radius 3 is 2.41 bits per heavy atom. The molecule has 0 aromatic heterocycles. The van der Waals surface area contributed by atoms with E-state index >= 15 is 0 Å². The minimum Gasteiger partial charge on any atom is -0.493 e. The van der Waals surface area contributed by atoms with Crippen LogP contribution in [0.25, 0.3) is 0 Å². The molecule has 0 bridgehead atoms. The largest absolute Gasteiger partial charge is 0.493 e. The van der Waals surface area contributed by atoms with Crippen LogP contribution in [0.1, 0.15) is 31.4 Å². The Labute approximate surface area is 131 Å². The Bertz CT molecular complexity index is 578. The van der Waals surface area contributed by atoms with Gasteiger partial charge in [-0.05, 0) is 38.0 Å². The number of ether oxygens (including phenoxy) is 2. The molecule has 5 heteroatoms. The van der Waals surface area contributed by atoms with Crippen LogP contribution in [-0.2, 0) is 11.2 Å². The molecule has 1 aliphatic rings. The number of carbonyl (C=O) groups excluding carboxylic acids is 1. The second-order valence-electron chi connectivity index (χ2n) is 5.19. The summed E-state index contributed by atoms with van der Waals surface area (Å²) in [5.41, 5.74) is 3.01. The number of fused-ring (bicyclic) bond motifs is 1. The van der Waals surface area contributed by atoms with Crippen LogP contribution in [0.2, 0.25) is 0 Å². The summed E-state index contributed by atoms with van der Waals surface area (Å²) in [5, 5.41) is 0. The van der Waals surface area contributed by atoms with Gasteiger partial charge in [0.25, 0.3) is 0 Å². The molecule has 0 aliphatic carbocycles. The zero-order valence-corrected chi connectivity index (χ0v) is 13.8. The van der Waals surface area contributed by atoms with Crippen LogP contribution in [0, 0.1) is 0 Å². The van der Waals surface area contributed by atoms with Gasteiger partial charge in [0.1, 0.15) is 0 Å². The third-order valence-electron chi connectivity index (χ3n) is 4.04. The second-order valence-corrected chi connectivity index (χ2v) is 5.19. The van der Waals surface area contributed by atoms with Gasteiger partial charge in [-0.15, -0.1) is 0 Å². The number of aliphatic imine (C=N–C) groups is 1. The molecule has 1 aromatic carbocycles. The van der Waals surface area contributed by atoms with Gasteiger partial charge in [0, 0.05) is 25.2 Å². The van der Waals surface area contributed by atoms with Crippen molar-refractivity contribution in [1.29, 1.82) is 0 Å². The molecule has 0 radical (unpaired) electrons. The van der Waals surface area contributed by atoms with Gasteiger partial charge in [-0.25, -0.2) is 0 Å². The number of benzene rings is 1. The zero-order valence-electron chi connectivity index (χ0n) is 13.8. The van der Waals surface area contributed by atoms with E-state index in [0.717, 1.165) is 42.1 Å². The highest BCUT2D eigenvalue weighted by atomic mass is 16.5. The molecule has 0 unspecified atom stereocenters. The molecule has 1 aliphatic heterocycles. The van der Waals surface area contributed by atoms with E-state index < -0.39 is 0 Å². The summed E-state index contributed by atoms with van der Waals surface area (Å²) in [5.74, 6) is 1.51. The lowest BCUT2D eigenvalue weighted by Crippen LogP contribution is -2.32. The molecule has 5 nitrogen and oxygen atoms in total. The van der Waals surface area contributed by atoms with Crippen molar-refractivity contribution in [3.63, 3.8) is 0 Å². The lowest BCUT2D eigenvalue weighted by Gasteiger charge is -2.22. The van der Waals surface area contributed by atoms with E-state index in [0.29, 0.717) is 18.7 Å². The SMILES string of the molecule is CCN(CC)C(=O)CC1=NCCc2cc(OC)c(OC)cc21. The molecule has 0 N–H and O–H groups in total. The fourth-order valence-electron chi connectivity index (χ4n) is 2.78. The Morgan fingerprint density at radius 1 is 1.18 bits per heavy atom. The van der Waals surface area contributed by atoms with Crippen molar-refractivity contribution in [3.8, 4) is 11.5 Å². The molecule has 0 spiro atoms. The molecular weight excluding hydrogens is 280 g/mol. The highest BCUT2D eigenvalue weighted by Crippen LogP contribution is 2.33. The highest BCUT2D eigenvalue weighted by Gasteiger charge is 2.21. The Morgan fingerprint density at radius 2 is 1.82 bits per heavy atom. The van der Waals surface area contributed by atoms with Crippen molar-refractivity contribution in [3.05, 3.63) is 23.3 Å². The first-order valence-electron chi connectivity index (χ1n) is 7.70. The standard InChI is InChI=1S/C17H24N2O3/c1-5-19(6-2)17(20)11-14-13-10-16(22-4)15(21-3)9-12(13)7-8-18-14/h9-10H,5-8,11H2,1-4H3. The van der Waals surface area contributed by atoms with Crippen molar-refractivity contribution >= 4 is 11.6 Å². The van der Waals surface area contributed by atoms with E-state index in [9.17, 15) is 4.79 Å². The minimum atomic E-state index is 0.117. The van der Waals surface area contributed by atoms with Gasteiger partial charge < -0.3 is 14.4 Å². The topological polar surface area (TPSA) is 51.1 Å². The third-order valence-corrected chi connectivity index (χ3v) is 4.04. The number of nitrogens with zero attached hydrogens (tertiary/aromatic N) is 2. The predicted molar refractivity (Wildman–Crippen MR) is 87.2 cm³/mol. The van der Waals surface area contributed by atoms with Gasteiger partial charge in [-0.2, -0.15) is 0 Å². The van der Waals surface area contributed by atoms with Crippen molar-refractivity contribution < 1.29 is 14.3 Å². The van der Waals surface area contributed by atoms with Crippen molar-refractivity contribution in [2.24, 2.45) is 4.99 Å². The van der Waals surface area contributed by atoms with E-state index in [1.807, 2.05) is 30.9 Å². The van der Waals surface area contributed by atoms with Crippen LogP contribution < -0.4 is 9.47 Å². The van der Waals surface area contributed by atoms with E-state index in [1.165, 1.54) is 0 Å². The average molecular weight is 304 g/mol. The molecule has 0 fully saturated rings. The van der Waals surface area contributed by atoms with Crippen molar-refractivity contribution in [2.45, 2.75) is 26.7 Å². The van der Waals surface area contributed by atoms with Gasteiger partial charge >= 0.3 is 0 Å². The highest BCUT2D eigenvalue weighted by molar-refractivity contribution is 6.12. The maximum absolute atomic E-state index is 12.4. The molecule has 22 heavy (non-hydrogen) atoms. The molecule has 120 valence electrons. The Kier molecular flexibility index (Phi) is 5.41. The van der Waals surface area contributed by atoms with Crippen LogP contribution in [0.4, 0.5) is 0 Å². The van der Waals surface area contributed by atoms with E-state index in [4.69, 9.17) is 9.47 Å². The van der Waals surface area contributed by atoms with Crippen LogP contribution in [0.3, 0.4) is 0 Å². The molecule has 0 atom stereocenters. The van der Waals surface area contributed by atoms with Crippen LogP contribution in [-0.4, -0.2) is 50.4 Å². The van der Waals surface area contributed by atoms with E-state index in [2.05, 4.69) is 4.99 Å². The first kappa shape index (κ1) is 16.3. The maximum Gasteiger partial charge on any atom is 0.228 e.